The topological polar surface area (TPSA) is 57.2 Å². The summed E-state index contributed by atoms with van der Waals surface area (Å²) in [5.41, 5.74) is 2.32. The van der Waals surface area contributed by atoms with E-state index in [1.54, 1.807) is 6.07 Å². The second-order valence-electron chi connectivity index (χ2n) is 7.18. The Kier molecular flexibility index (Phi) is 11.2. The molecule has 144 valence electrons. The molecular weight excluding hydrogens is 367 g/mol. The van der Waals surface area contributed by atoms with E-state index in [1.165, 1.54) is 50.2 Å². The van der Waals surface area contributed by atoms with E-state index in [0.717, 1.165) is 36.6 Å². The van der Waals surface area contributed by atoms with E-state index in [1.807, 2.05) is 12.1 Å². The van der Waals surface area contributed by atoms with Gasteiger partial charge in [0.2, 0.25) is 0 Å². The molecule has 0 amide bonds. The first-order chi connectivity index (χ1) is 12.5. The van der Waals surface area contributed by atoms with Crippen molar-refractivity contribution in [3.63, 3.8) is 0 Å². The quantitative estimate of drug-likeness (QED) is 0.332. The van der Waals surface area contributed by atoms with Gasteiger partial charge in [-0.05, 0) is 59.7 Å². The summed E-state index contributed by atoms with van der Waals surface area (Å²) in [5.74, 6) is 0. The Labute approximate surface area is 187 Å². The Morgan fingerprint density at radius 3 is 2.04 bits per heavy atom. The predicted octanol–water partition coefficient (Wildman–Crippen LogP) is 2.99. The molecule has 0 atom stereocenters. The Morgan fingerprint density at radius 1 is 0.815 bits per heavy atom. The Hall–Kier alpha value is -0.390. The molecule has 0 saturated heterocycles. The van der Waals surface area contributed by atoms with Crippen LogP contribution in [0.4, 0.5) is 0 Å². The zero-order valence-corrected chi connectivity index (χ0v) is 19.9. The van der Waals surface area contributed by atoms with Crippen molar-refractivity contribution < 1.29 is 42.5 Å². The Balaban J connectivity index is 0.00000364. The van der Waals surface area contributed by atoms with E-state index in [4.69, 9.17) is 0 Å². The minimum Gasteiger partial charge on any atom is -0.744 e. The fourth-order valence-corrected chi connectivity index (χ4v) is 4.25. The standard InChI is InChI=1S/C22H32O3S.Na/c1-3-5-7-9-12-18-16-19(13-10-8-6-4-2)20-14-11-15-22(21(20)17-18)26(23,24)25;/h11,14-17H,3-10,12-13H2,1-2H3,(H,23,24,25);/q;+1/p-1. The summed E-state index contributed by atoms with van der Waals surface area (Å²) >= 11 is 0. The summed E-state index contributed by atoms with van der Waals surface area (Å²) in [7, 11) is -4.47. The van der Waals surface area contributed by atoms with Gasteiger partial charge in [0, 0.05) is 0 Å². The van der Waals surface area contributed by atoms with Crippen LogP contribution in [-0.2, 0) is 23.0 Å². The van der Waals surface area contributed by atoms with E-state index in [9.17, 15) is 13.0 Å². The van der Waals surface area contributed by atoms with Crippen molar-refractivity contribution in [2.75, 3.05) is 0 Å². The molecule has 0 saturated carbocycles. The van der Waals surface area contributed by atoms with Crippen LogP contribution in [0.1, 0.15) is 76.3 Å². The van der Waals surface area contributed by atoms with Gasteiger partial charge in [-0.2, -0.15) is 0 Å². The molecule has 3 nitrogen and oxygen atoms in total. The van der Waals surface area contributed by atoms with Crippen molar-refractivity contribution >= 4 is 20.9 Å². The first-order valence-corrected chi connectivity index (χ1v) is 11.4. The molecule has 2 rings (SSSR count). The fraction of sp³-hybridized carbons (Fsp3) is 0.545. The normalized spacial score (nSPS) is 11.5. The predicted molar refractivity (Wildman–Crippen MR) is 108 cm³/mol. The summed E-state index contributed by atoms with van der Waals surface area (Å²) in [6.45, 7) is 4.38. The first-order valence-electron chi connectivity index (χ1n) is 9.97. The number of unbranched alkanes of at least 4 members (excludes halogenated alkanes) is 6. The number of hydrogen-bond donors (Lipinski definition) is 0. The molecule has 27 heavy (non-hydrogen) atoms. The smallest absolute Gasteiger partial charge is 0.744 e. The van der Waals surface area contributed by atoms with Crippen molar-refractivity contribution in [3.8, 4) is 0 Å². The van der Waals surface area contributed by atoms with Crippen LogP contribution >= 0.6 is 0 Å². The van der Waals surface area contributed by atoms with Gasteiger partial charge in [-0.15, -0.1) is 0 Å². The van der Waals surface area contributed by atoms with Gasteiger partial charge in [-0.1, -0.05) is 70.6 Å². The monoisotopic (exact) mass is 398 g/mol. The molecule has 0 fully saturated rings. The molecule has 5 heteroatoms. The average molecular weight is 399 g/mol. The molecule has 0 N–H and O–H groups in total. The van der Waals surface area contributed by atoms with Gasteiger partial charge in [-0.3, -0.25) is 0 Å². The zero-order chi connectivity index (χ0) is 19.0. The van der Waals surface area contributed by atoms with Gasteiger partial charge >= 0.3 is 29.6 Å². The summed E-state index contributed by atoms with van der Waals surface area (Å²) in [6, 6.07) is 9.21. The Morgan fingerprint density at radius 2 is 1.44 bits per heavy atom. The molecule has 0 spiro atoms. The Bertz CT molecular complexity index is 816. The molecule has 2 aromatic rings. The second kappa shape index (κ2) is 12.2. The minimum atomic E-state index is -4.47. The van der Waals surface area contributed by atoms with Crippen molar-refractivity contribution in [1.29, 1.82) is 0 Å². The van der Waals surface area contributed by atoms with E-state index >= 15 is 0 Å². The molecule has 0 unspecified atom stereocenters. The molecule has 0 aliphatic heterocycles. The fourth-order valence-electron chi connectivity index (χ4n) is 3.57. The largest absolute Gasteiger partial charge is 1.00 e. The molecule has 0 aromatic heterocycles. The van der Waals surface area contributed by atoms with Crippen LogP contribution in [-0.4, -0.2) is 13.0 Å². The van der Waals surface area contributed by atoms with Gasteiger partial charge in [0.15, 0.2) is 0 Å². The molecule has 0 aliphatic rings. The SMILES string of the molecule is CCCCCCc1cc(CCCCCC)c2cccc(S(=O)(=O)[O-])c2c1.[Na+]. The maximum atomic E-state index is 11.7. The number of benzene rings is 2. The van der Waals surface area contributed by atoms with Crippen LogP contribution in [0.15, 0.2) is 35.2 Å². The van der Waals surface area contributed by atoms with Gasteiger partial charge < -0.3 is 4.55 Å². The second-order valence-corrected chi connectivity index (χ2v) is 8.53. The van der Waals surface area contributed by atoms with Crippen LogP contribution in [0.25, 0.3) is 10.8 Å². The molecule has 2 aromatic carbocycles. The third kappa shape index (κ3) is 7.51. The maximum Gasteiger partial charge on any atom is 1.00 e. The molecule has 0 radical (unpaired) electrons. The average Bonchev–Trinajstić information content (AvgIpc) is 2.61. The third-order valence-electron chi connectivity index (χ3n) is 4.99. The van der Waals surface area contributed by atoms with Crippen molar-refractivity contribution in [2.24, 2.45) is 0 Å². The van der Waals surface area contributed by atoms with Gasteiger partial charge in [0.25, 0.3) is 0 Å². The van der Waals surface area contributed by atoms with Crippen LogP contribution < -0.4 is 29.6 Å². The molecule has 0 bridgehead atoms. The van der Waals surface area contributed by atoms with Crippen LogP contribution in [0, 0.1) is 0 Å². The minimum absolute atomic E-state index is 0. The van der Waals surface area contributed by atoms with Crippen molar-refractivity contribution in [2.45, 2.75) is 83.0 Å². The first kappa shape index (κ1) is 24.6. The number of aryl methyl sites for hydroxylation is 2. The summed E-state index contributed by atoms with van der Waals surface area (Å²) in [6.07, 6.45) is 11.2. The van der Waals surface area contributed by atoms with Crippen molar-refractivity contribution in [3.05, 3.63) is 41.5 Å². The van der Waals surface area contributed by atoms with E-state index in [0.29, 0.717) is 5.39 Å². The summed E-state index contributed by atoms with van der Waals surface area (Å²) < 4.78 is 35.1. The van der Waals surface area contributed by atoms with E-state index in [2.05, 4.69) is 19.9 Å². The third-order valence-corrected chi connectivity index (χ3v) is 5.88. The molecule has 0 aliphatic carbocycles. The number of fused-ring (bicyclic) bond motifs is 1. The summed E-state index contributed by atoms with van der Waals surface area (Å²) in [5, 5.41) is 1.51. The van der Waals surface area contributed by atoms with Crippen LogP contribution in [0.5, 0.6) is 0 Å². The van der Waals surface area contributed by atoms with Gasteiger partial charge in [0.05, 0.1) is 4.90 Å². The van der Waals surface area contributed by atoms with E-state index < -0.39 is 10.1 Å². The maximum absolute atomic E-state index is 11.7. The van der Waals surface area contributed by atoms with Gasteiger partial charge in [0.1, 0.15) is 10.1 Å². The van der Waals surface area contributed by atoms with Gasteiger partial charge in [-0.25, -0.2) is 8.42 Å². The molecule has 0 heterocycles. The number of rotatable bonds is 11. The number of hydrogen-bond acceptors (Lipinski definition) is 3. The van der Waals surface area contributed by atoms with Crippen LogP contribution in [0.3, 0.4) is 0 Å². The molecular formula is C22H31NaO3S. The zero-order valence-electron chi connectivity index (χ0n) is 17.1. The van der Waals surface area contributed by atoms with Crippen LogP contribution in [0.2, 0.25) is 0 Å². The summed E-state index contributed by atoms with van der Waals surface area (Å²) in [4.78, 5) is -0.0831. The van der Waals surface area contributed by atoms with Crippen molar-refractivity contribution in [1.82, 2.24) is 0 Å². The van der Waals surface area contributed by atoms with E-state index in [-0.39, 0.29) is 34.5 Å².